The number of nitrogens with zero attached hydrogens (tertiary/aromatic N) is 3. The van der Waals surface area contributed by atoms with Gasteiger partial charge in [-0.15, -0.1) is 0 Å². The number of benzene rings is 2. The predicted molar refractivity (Wildman–Crippen MR) is 124 cm³/mol. The Balaban J connectivity index is 1.50. The second kappa shape index (κ2) is 8.43. The molecule has 1 amide bonds. The van der Waals surface area contributed by atoms with E-state index in [4.69, 9.17) is 9.26 Å². The molecule has 10 heteroatoms. The van der Waals surface area contributed by atoms with Gasteiger partial charge in [0.25, 0.3) is 15.9 Å². The number of anilines is 1. The first-order valence-electron chi connectivity index (χ1n) is 11.3. The summed E-state index contributed by atoms with van der Waals surface area (Å²) >= 11 is 0. The number of carbonyl (C=O) groups is 1. The molecule has 178 valence electrons. The standard InChI is InChI=1S/C24H26N4O5S/c1-16-25-23(27-33-16)24(12-5-6-13-24)26-22(29)19-15-18(9-10-21(19)32-2)34(30,31)28-14-11-17-7-3-4-8-20(17)28/h3-4,7-10,15H,5-6,11-14H2,1-2H3,(H,26,29). The van der Waals surface area contributed by atoms with E-state index in [2.05, 4.69) is 15.5 Å². The van der Waals surface area contributed by atoms with Crippen LogP contribution in [0.5, 0.6) is 5.75 Å². The smallest absolute Gasteiger partial charge is 0.264 e. The third kappa shape index (κ3) is 3.71. The van der Waals surface area contributed by atoms with Gasteiger partial charge in [-0.1, -0.05) is 36.2 Å². The van der Waals surface area contributed by atoms with Crippen LogP contribution in [-0.2, 0) is 22.0 Å². The van der Waals surface area contributed by atoms with Crippen molar-refractivity contribution in [1.29, 1.82) is 0 Å². The van der Waals surface area contributed by atoms with E-state index in [-0.39, 0.29) is 16.2 Å². The highest BCUT2D eigenvalue weighted by Gasteiger charge is 2.42. The van der Waals surface area contributed by atoms with E-state index < -0.39 is 21.5 Å². The highest BCUT2D eigenvalue weighted by molar-refractivity contribution is 7.92. The lowest BCUT2D eigenvalue weighted by Gasteiger charge is -2.27. The number of para-hydroxylation sites is 1. The average Bonchev–Trinajstić information content (AvgIpc) is 3.58. The van der Waals surface area contributed by atoms with Crippen molar-refractivity contribution in [2.24, 2.45) is 0 Å². The number of methoxy groups -OCH3 is 1. The minimum absolute atomic E-state index is 0.0334. The number of hydrogen-bond donors (Lipinski definition) is 1. The highest BCUT2D eigenvalue weighted by atomic mass is 32.2. The predicted octanol–water partition coefficient (Wildman–Crippen LogP) is 3.34. The van der Waals surface area contributed by atoms with Crippen molar-refractivity contribution in [2.45, 2.75) is 49.5 Å². The first-order valence-corrected chi connectivity index (χ1v) is 12.7. The second-order valence-corrected chi connectivity index (χ2v) is 10.6. The maximum atomic E-state index is 13.5. The molecule has 2 aromatic carbocycles. The molecule has 0 unspecified atom stereocenters. The molecule has 2 aliphatic rings. The first kappa shape index (κ1) is 22.4. The van der Waals surface area contributed by atoms with Crippen LogP contribution in [0.25, 0.3) is 0 Å². The van der Waals surface area contributed by atoms with E-state index in [1.54, 1.807) is 13.0 Å². The molecule has 1 aliphatic heterocycles. The zero-order valence-corrected chi connectivity index (χ0v) is 19.9. The van der Waals surface area contributed by atoms with Crippen LogP contribution in [0.4, 0.5) is 5.69 Å². The fourth-order valence-electron chi connectivity index (χ4n) is 4.87. The van der Waals surface area contributed by atoms with Gasteiger partial charge in [-0.2, -0.15) is 4.98 Å². The monoisotopic (exact) mass is 482 g/mol. The second-order valence-electron chi connectivity index (χ2n) is 8.70. The average molecular weight is 483 g/mol. The third-order valence-corrected chi connectivity index (χ3v) is 8.42. The number of amides is 1. The van der Waals surface area contributed by atoms with Gasteiger partial charge in [0, 0.05) is 13.5 Å². The quantitative estimate of drug-likeness (QED) is 0.573. The van der Waals surface area contributed by atoms with Gasteiger partial charge in [-0.05, 0) is 49.1 Å². The molecule has 1 aliphatic carbocycles. The summed E-state index contributed by atoms with van der Waals surface area (Å²) in [6, 6.07) is 11.8. The molecule has 0 spiro atoms. The van der Waals surface area contributed by atoms with E-state index in [9.17, 15) is 13.2 Å². The van der Waals surface area contributed by atoms with Gasteiger partial charge < -0.3 is 14.6 Å². The van der Waals surface area contributed by atoms with Crippen molar-refractivity contribution in [3.63, 3.8) is 0 Å². The van der Waals surface area contributed by atoms with Crippen LogP contribution in [0.3, 0.4) is 0 Å². The molecule has 3 aromatic rings. The summed E-state index contributed by atoms with van der Waals surface area (Å²) in [7, 11) is -2.42. The van der Waals surface area contributed by atoms with Crippen molar-refractivity contribution in [3.05, 3.63) is 65.3 Å². The zero-order valence-electron chi connectivity index (χ0n) is 19.1. The Kier molecular flexibility index (Phi) is 5.55. The van der Waals surface area contributed by atoms with Crippen molar-refractivity contribution in [2.75, 3.05) is 18.0 Å². The summed E-state index contributed by atoms with van der Waals surface area (Å²) in [6.07, 6.45) is 3.80. The van der Waals surface area contributed by atoms with Gasteiger partial charge >= 0.3 is 0 Å². The topological polar surface area (TPSA) is 115 Å². The van der Waals surface area contributed by atoms with Crippen LogP contribution >= 0.6 is 0 Å². The number of fused-ring (bicyclic) bond motifs is 1. The highest BCUT2D eigenvalue weighted by Crippen LogP contribution is 2.38. The summed E-state index contributed by atoms with van der Waals surface area (Å²) in [5, 5.41) is 7.12. The van der Waals surface area contributed by atoms with Gasteiger partial charge in [0.2, 0.25) is 5.89 Å². The molecule has 9 nitrogen and oxygen atoms in total. The van der Waals surface area contributed by atoms with E-state index >= 15 is 0 Å². The number of sulfonamides is 1. The fourth-order valence-corrected chi connectivity index (χ4v) is 6.40. The normalized spacial score (nSPS) is 16.9. The Morgan fingerprint density at radius 2 is 1.94 bits per heavy atom. The Morgan fingerprint density at radius 1 is 1.18 bits per heavy atom. The van der Waals surface area contributed by atoms with E-state index in [0.29, 0.717) is 43.2 Å². The Labute approximate surface area is 198 Å². The molecule has 1 N–H and O–H groups in total. The van der Waals surface area contributed by atoms with Crippen LogP contribution in [0.15, 0.2) is 51.9 Å². The molecule has 0 bridgehead atoms. The van der Waals surface area contributed by atoms with E-state index in [1.165, 1.54) is 29.6 Å². The van der Waals surface area contributed by atoms with Crippen molar-refractivity contribution in [1.82, 2.24) is 15.5 Å². The fraction of sp³-hybridized carbons (Fsp3) is 0.375. The van der Waals surface area contributed by atoms with Gasteiger partial charge in [0.05, 0.1) is 23.3 Å². The number of aryl methyl sites for hydroxylation is 1. The largest absolute Gasteiger partial charge is 0.496 e. The Hall–Kier alpha value is -3.40. The number of rotatable bonds is 6. The number of nitrogens with one attached hydrogen (secondary N) is 1. The summed E-state index contributed by atoms with van der Waals surface area (Å²) in [5.41, 5.74) is 1.03. The minimum atomic E-state index is -3.87. The van der Waals surface area contributed by atoms with Crippen molar-refractivity contribution < 1.29 is 22.5 Å². The number of aromatic nitrogens is 2. The maximum Gasteiger partial charge on any atom is 0.264 e. The maximum absolute atomic E-state index is 13.5. The zero-order chi connectivity index (χ0) is 23.9. The molecule has 34 heavy (non-hydrogen) atoms. The molecule has 5 rings (SSSR count). The summed E-state index contributed by atoms with van der Waals surface area (Å²) in [5.74, 6) is 0.704. The molecule has 0 atom stereocenters. The molecule has 1 aromatic heterocycles. The lowest BCUT2D eigenvalue weighted by atomic mass is 9.95. The lowest BCUT2D eigenvalue weighted by molar-refractivity contribution is 0.0888. The summed E-state index contributed by atoms with van der Waals surface area (Å²) in [6.45, 7) is 2.06. The van der Waals surface area contributed by atoms with Crippen LogP contribution in [0.1, 0.15) is 53.3 Å². The Morgan fingerprint density at radius 3 is 2.65 bits per heavy atom. The molecule has 1 fully saturated rings. The summed E-state index contributed by atoms with van der Waals surface area (Å²) in [4.78, 5) is 17.9. The van der Waals surface area contributed by atoms with Crippen molar-refractivity contribution >= 4 is 21.6 Å². The van der Waals surface area contributed by atoms with Crippen molar-refractivity contribution in [3.8, 4) is 5.75 Å². The molecule has 2 heterocycles. The first-order chi connectivity index (χ1) is 16.3. The van der Waals surface area contributed by atoms with E-state index in [1.807, 2.05) is 18.2 Å². The Bertz CT molecular complexity index is 1340. The minimum Gasteiger partial charge on any atom is -0.496 e. The van der Waals surface area contributed by atoms with Crippen LogP contribution in [0.2, 0.25) is 0 Å². The van der Waals surface area contributed by atoms with Gasteiger partial charge in [0.1, 0.15) is 11.3 Å². The van der Waals surface area contributed by atoms with Crippen LogP contribution in [0, 0.1) is 6.92 Å². The summed E-state index contributed by atoms with van der Waals surface area (Å²) < 4.78 is 39.0. The number of ether oxygens (including phenoxy) is 1. The molecule has 1 saturated carbocycles. The van der Waals surface area contributed by atoms with Gasteiger partial charge in [-0.25, -0.2) is 8.42 Å². The van der Waals surface area contributed by atoms with Crippen LogP contribution in [-0.4, -0.2) is 38.1 Å². The lowest BCUT2D eigenvalue weighted by Crippen LogP contribution is -2.44. The molecular formula is C24H26N4O5S. The van der Waals surface area contributed by atoms with E-state index in [0.717, 1.165) is 18.4 Å². The number of carbonyl (C=O) groups excluding carboxylic acids is 1. The molecular weight excluding hydrogens is 456 g/mol. The van der Waals surface area contributed by atoms with Gasteiger partial charge in [-0.3, -0.25) is 9.10 Å². The molecule has 0 saturated heterocycles. The SMILES string of the molecule is COc1ccc(S(=O)(=O)N2CCc3ccccc32)cc1C(=O)NC1(c2noc(C)n2)CCCC1. The molecule has 0 radical (unpaired) electrons. The number of hydrogen-bond acceptors (Lipinski definition) is 7. The van der Waals surface area contributed by atoms with Gasteiger partial charge in [0.15, 0.2) is 5.82 Å². The third-order valence-electron chi connectivity index (χ3n) is 6.61. The van der Waals surface area contributed by atoms with Crippen LogP contribution < -0.4 is 14.4 Å².